The second-order valence-electron chi connectivity index (χ2n) is 4.19. The van der Waals surface area contributed by atoms with Crippen molar-refractivity contribution in [2.75, 3.05) is 7.05 Å². The van der Waals surface area contributed by atoms with Gasteiger partial charge in [0.2, 0.25) is 0 Å². The van der Waals surface area contributed by atoms with Crippen molar-refractivity contribution >= 4 is 26.2 Å². The molecule has 0 saturated heterocycles. The number of benzene rings is 2. The topological polar surface area (TPSA) is 21.3 Å². The first-order valence-electron chi connectivity index (χ1n) is 6.59. The highest BCUT2D eigenvalue weighted by atomic mass is 31.1. The molecule has 20 heavy (non-hydrogen) atoms. The molecule has 2 rings (SSSR count). The summed E-state index contributed by atoms with van der Waals surface area (Å²) in [5.74, 6) is 0.909. The van der Waals surface area contributed by atoms with Crippen LogP contribution in [0, 0.1) is 0 Å². The van der Waals surface area contributed by atoms with Gasteiger partial charge < -0.3 is 9.75 Å². The Hall–Kier alpha value is -1.57. The number of hydrogen-bond acceptors (Lipinski definition) is 2. The van der Waals surface area contributed by atoms with Gasteiger partial charge in [0.15, 0.2) is 0 Å². The average Bonchev–Trinajstić information content (AvgIpc) is 2.53. The molecule has 0 heterocycles. The minimum absolute atomic E-state index is 0.829. The van der Waals surface area contributed by atoms with E-state index in [-0.39, 0.29) is 0 Å². The van der Waals surface area contributed by atoms with Gasteiger partial charge in [0.25, 0.3) is 7.13 Å². The Labute approximate surface area is 122 Å². The Morgan fingerprint density at radius 2 is 1.65 bits per heavy atom. The van der Waals surface area contributed by atoms with Crippen molar-refractivity contribution in [2.45, 2.75) is 6.92 Å². The maximum atomic E-state index is 6.22. The summed E-state index contributed by atoms with van der Waals surface area (Å²) in [6.07, 6.45) is 2.01. The number of rotatable bonds is 6. The van der Waals surface area contributed by atoms with E-state index in [0.717, 1.165) is 11.3 Å². The summed E-state index contributed by atoms with van der Waals surface area (Å²) in [4.78, 5) is 0. The van der Waals surface area contributed by atoms with Gasteiger partial charge in [-0.1, -0.05) is 60.7 Å². The van der Waals surface area contributed by atoms with E-state index in [9.17, 15) is 0 Å². The summed E-state index contributed by atoms with van der Waals surface area (Å²) in [7, 11) is 3.08. The first kappa shape index (κ1) is 14.8. The zero-order chi connectivity index (χ0) is 14.2. The first-order chi connectivity index (χ1) is 9.85. The fraction of sp³-hybridized carbons (Fsp3) is 0.125. The normalized spacial score (nSPS) is 12.8. The van der Waals surface area contributed by atoms with E-state index in [1.54, 1.807) is 0 Å². The smallest absolute Gasteiger partial charge is 0.299 e. The van der Waals surface area contributed by atoms with E-state index in [1.807, 2.05) is 63.6 Å². The summed E-state index contributed by atoms with van der Waals surface area (Å²) < 4.78 is 6.22. The minimum Gasteiger partial charge on any atom is -0.478 e. The van der Waals surface area contributed by atoms with E-state index in [1.165, 1.54) is 5.30 Å². The van der Waals surface area contributed by atoms with E-state index >= 15 is 0 Å². The monoisotopic (exact) mass is 282 g/mol. The zero-order valence-corrected chi connectivity index (χ0v) is 12.7. The van der Waals surface area contributed by atoms with Crippen molar-refractivity contribution in [3.05, 3.63) is 72.3 Å². The molecule has 2 aromatic rings. The van der Waals surface area contributed by atoms with Crippen LogP contribution in [0.1, 0.15) is 12.5 Å². The van der Waals surface area contributed by atoms with Crippen LogP contribution >= 0.6 is 8.03 Å². The van der Waals surface area contributed by atoms with Gasteiger partial charge in [-0.2, -0.15) is 0 Å². The molecule has 0 spiro atoms. The molecule has 0 aliphatic heterocycles. The summed E-state index contributed by atoms with van der Waals surface area (Å²) in [6.45, 7) is 2.00. The molecule has 0 bridgehead atoms. The van der Waals surface area contributed by atoms with Gasteiger partial charge in [0, 0.05) is 10.9 Å². The van der Waals surface area contributed by atoms with Crippen LogP contribution in [0.2, 0.25) is 0 Å². The molecular formula is C16H18BNOP. The molecule has 0 aliphatic carbocycles. The van der Waals surface area contributed by atoms with Crippen LogP contribution in [0.25, 0.3) is 5.76 Å². The summed E-state index contributed by atoms with van der Waals surface area (Å²) >= 11 is 0. The van der Waals surface area contributed by atoms with Crippen molar-refractivity contribution < 1.29 is 4.52 Å². The lowest BCUT2D eigenvalue weighted by Crippen LogP contribution is -2.18. The maximum Gasteiger partial charge on any atom is 0.299 e. The molecule has 1 N–H and O–H groups in total. The van der Waals surface area contributed by atoms with Crippen LogP contribution in [0.4, 0.5) is 0 Å². The highest BCUT2D eigenvalue weighted by molar-refractivity contribution is 7.88. The lowest BCUT2D eigenvalue weighted by Gasteiger charge is -2.20. The predicted octanol–water partition coefficient (Wildman–Crippen LogP) is 3.54. The number of hydrogen-bond donors (Lipinski definition) is 1. The van der Waals surface area contributed by atoms with Gasteiger partial charge in [-0.25, -0.2) is 0 Å². The third-order valence-electron chi connectivity index (χ3n) is 2.77. The van der Waals surface area contributed by atoms with Crippen LogP contribution in [-0.4, -0.2) is 14.2 Å². The highest BCUT2D eigenvalue weighted by Crippen LogP contribution is 2.38. The van der Waals surface area contributed by atoms with E-state index in [0.29, 0.717) is 0 Å². The molecule has 4 heteroatoms. The fourth-order valence-electron chi connectivity index (χ4n) is 1.83. The van der Waals surface area contributed by atoms with E-state index in [4.69, 9.17) is 4.52 Å². The molecule has 0 fully saturated rings. The number of allylic oxidation sites excluding steroid dienone is 1. The maximum absolute atomic E-state index is 6.22. The Balaban J connectivity index is 2.19. The van der Waals surface area contributed by atoms with Crippen LogP contribution in [0.15, 0.2) is 66.7 Å². The minimum atomic E-state index is -0.829. The summed E-state index contributed by atoms with van der Waals surface area (Å²) in [5, 5.41) is 4.29. The largest absolute Gasteiger partial charge is 0.478 e. The van der Waals surface area contributed by atoms with Gasteiger partial charge in [0.1, 0.15) is 5.76 Å². The Bertz CT molecular complexity index is 545. The average molecular weight is 282 g/mol. The molecule has 1 atom stereocenters. The fourth-order valence-corrected chi connectivity index (χ4v) is 3.26. The second-order valence-corrected chi connectivity index (χ2v) is 5.80. The first-order valence-corrected chi connectivity index (χ1v) is 7.92. The molecule has 2 nitrogen and oxygen atoms in total. The molecule has 2 aromatic carbocycles. The standard InChI is InChI=1S/C16H18BNOP/c1-3-16(14-10-6-4-7-11-14)19-20(17-18-2)15-12-8-5-9-13-15/h3-13,18H,1-2H3. The Kier molecular flexibility index (Phi) is 5.85. The van der Waals surface area contributed by atoms with Gasteiger partial charge in [-0.3, -0.25) is 0 Å². The SMILES string of the molecule is CC=C(OP([B]NC)c1ccccc1)c1ccccc1. The van der Waals surface area contributed by atoms with Gasteiger partial charge in [-0.05, 0) is 20.0 Å². The van der Waals surface area contributed by atoms with Crippen molar-refractivity contribution in [3.63, 3.8) is 0 Å². The van der Waals surface area contributed by atoms with E-state index in [2.05, 4.69) is 29.5 Å². The van der Waals surface area contributed by atoms with Crippen molar-refractivity contribution in [1.82, 2.24) is 5.23 Å². The van der Waals surface area contributed by atoms with Crippen LogP contribution in [-0.2, 0) is 4.52 Å². The number of nitrogens with one attached hydrogen (secondary N) is 1. The van der Waals surface area contributed by atoms with Crippen LogP contribution in [0.5, 0.6) is 0 Å². The molecule has 0 saturated carbocycles. The van der Waals surface area contributed by atoms with Gasteiger partial charge in [0.05, 0.1) is 8.03 Å². The molecule has 101 valence electrons. The van der Waals surface area contributed by atoms with Crippen LogP contribution in [0.3, 0.4) is 0 Å². The molecule has 1 unspecified atom stereocenters. The lowest BCUT2D eigenvalue weighted by molar-refractivity contribution is 0.588. The Morgan fingerprint density at radius 3 is 2.20 bits per heavy atom. The third-order valence-corrected chi connectivity index (χ3v) is 4.47. The molecule has 1 radical (unpaired) electrons. The van der Waals surface area contributed by atoms with Crippen molar-refractivity contribution in [1.29, 1.82) is 0 Å². The molecule has 0 amide bonds. The van der Waals surface area contributed by atoms with E-state index < -0.39 is 8.03 Å². The third kappa shape index (κ3) is 3.96. The van der Waals surface area contributed by atoms with Crippen molar-refractivity contribution in [2.24, 2.45) is 0 Å². The summed E-state index contributed by atoms with van der Waals surface area (Å²) in [6, 6.07) is 20.5. The second kappa shape index (κ2) is 7.89. The highest BCUT2D eigenvalue weighted by Gasteiger charge is 2.16. The summed E-state index contributed by atoms with van der Waals surface area (Å²) in [5.41, 5.74) is 1.10. The molecular weight excluding hydrogens is 264 g/mol. The Morgan fingerprint density at radius 1 is 1.05 bits per heavy atom. The lowest BCUT2D eigenvalue weighted by atomic mass is 10.2. The van der Waals surface area contributed by atoms with Crippen LogP contribution < -0.4 is 10.5 Å². The van der Waals surface area contributed by atoms with Gasteiger partial charge >= 0.3 is 0 Å². The quantitative estimate of drug-likeness (QED) is 0.497. The van der Waals surface area contributed by atoms with Gasteiger partial charge in [-0.15, -0.1) is 0 Å². The predicted molar refractivity (Wildman–Crippen MR) is 89.0 cm³/mol. The molecule has 0 aliphatic rings. The molecule has 0 aromatic heterocycles. The van der Waals surface area contributed by atoms with Crippen molar-refractivity contribution in [3.8, 4) is 0 Å². The zero-order valence-electron chi connectivity index (χ0n) is 11.8.